The van der Waals surface area contributed by atoms with E-state index in [9.17, 15) is 5.11 Å². The molecule has 2 rings (SSSR count). The van der Waals surface area contributed by atoms with E-state index in [1.54, 1.807) is 12.4 Å². The summed E-state index contributed by atoms with van der Waals surface area (Å²) in [6.45, 7) is 0. The molecular formula is C10H14BrN3O. The topological polar surface area (TPSA) is 58.0 Å². The van der Waals surface area contributed by atoms with Crippen LogP contribution in [0, 0.1) is 0 Å². The van der Waals surface area contributed by atoms with Gasteiger partial charge in [0.25, 0.3) is 0 Å². The molecule has 1 saturated carbocycles. The van der Waals surface area contributed by atoms with E-state index >= 15 is 0 Å². The Hall–Kier alpha value is -0.680. The summed E-state index contributed by atoms with van der Waals surface area (Å²) in [7, 11) is 0. The van der Waals surface area contributed by atoms with Crippen molar-refractivity contribution in [1.29, 1.82) is 0 Å². The summed E-state index contributed by atoms with van der Waals surface area (Å²) in [6, 6.07) is 0.0972. The van der Waals surface area contributed by atoms with Gasteiger partial charge in [-0.25, -0.2) is 9.97 Å². The molecule has 1 aromatic rings. The molecule has 0 aromatic carbocycles. The van der Waals surface area contributed by atoms with Crippen LogP contribution in [0.2, 0.25) is 0 Å². The highest BCUT2D eigenvalue weighted by molar-refractivity contribution is 9.10. The van der Waals surface area contributed by atoms with Gasteiger partial charge in [-0.15, -0.1) is 0 Å². The van der Waals surface area contributed by atoms with E-state index in [1.807, 2.05) is 0 Å². The molecule has 0 radical (unpaired) electrons. The summed E-state index contributed by atoms with van der Waals surface area (Å²) in [5.74, 6) is 0.587. The fourth-order valence-corrected chi connectivity index (χ4v) is 2.04. The van der Waals surface area contributed by atoms with Gasteiger partial charge in [0.15, 0.2) is 0 Å². The zero-order valence-electron chi connectivity index (χ0n) is 8.36. The lowest BCUT2D eigenvalue weighted by Gasteiger charge is -2.28. The summed E-state index contributed by atoms with van der Waals surface area (Å²) in [6.07, 6.45) is 7.25. The molecule has 1 fully saturated rings. The van der Waals surface area contributed by atoms with Crippen molar-refractivity contribution in [2.24, 2.45) is 0 Å². The van der Waals surface area contributed by atoms with Crippen LogP contribution in [0.3, 0.4) is 0 Å². The number of nitrogens with one attached hydrogen (secondary N) is 1. The lowest BCUT2D eigenvalue weighted by molar-refractivity contribution is 0.116. The van der Waals surface area contributed by atoms with Gasteiger partial charge in [0, 0.05) is 12.4 Å². The van der Waals surface area contributed by atoms with E-state index in [4.69, 9.17) is 0 Å². The van der Waals surface area contributed by atoms with Crippen LogP contribution in [-0.4, -0.2) is 27.2 Å². The van der Waals surface area contributed by atoms with Gasteiger partial charge in [0.1, 0.15) is 0 Å². The number of anilines is 1. The maximum atomic E-state index is 9.76. The van der Waals surface area contributed by atoms with Gasteiger partial charge in [-0.2, -0.15) is 0 Å². The van der Waals surface area contributed by atoms with Crippen LogP contribution < -0.4 is 5.32 Å². The number of aliphatic hydroxyl groups excluding tert-OH is 1. The summed E-state index contributed by atoms with van der Waals surface area (Å²) >= 11 is 3.28. The van der Waals surface area contributed by atoms with E-state index in [2.05, 4.69) is 31.2 Å². The summed E-state index contributed by atoms with van der Waals surface area (Å²) in [4.78, 5) is 8.25. The van der Waals surface area contributed by atoms with Crippen molar-refractivity contribution < 1.29 is 5.11 Å². The average molecular weight is 272 g/mol. The lowest BCUT2D eigenvalue weighted by atomic mass is 9.93. The molecule has 1 aliphatic rings. The molecule has 1 aliphatic carbocycles. The molecule has 1 aromatic heterocycles. The van der Waals surface area contributed by atoms with Crippen molar-refractivity contribution in [3.63, 3.8) is 0 Å². The van der Waals surface area contributed by atoms with Gasteiger partial charge >= 0.3 is 0 Å². The van der Waals surface area contributed by atoms with Crippen molar-refractivity contribution in [1.82, 2.24) is 9.97 Å². The first-order valence-electron chi connectivity index (χ1n) is 5.18. The van der Waals surface area contributed by atoms with Gasteiger partial charge in [0.2, 0.25) is 5.95 Å². The Labute approximate surface area is 97.3 Å². The molecule has 82 valence electrons. The average Bonchev–Trinajstić information content (AvgIpc) is 2.25. The number of aliphatic hydroxyl groups is 1. The van der Waals surface area contributed by atoms with Crippen LogP contribution in [-0.2, 0) is 0 Å². The second-order valence-electron chi connectivity index (χ2n) is 3.83. The normalized spacial score (nSPS) is 26.3. The highest BCUT2D eigenvalue weighted by Crippen LogP contribution is 2.21. The summed E-state index contributed by atoms with van der Waals surface area (Å²) in [5, 5.41) is 12.9. The molecule has 5 heteroatoms. The molecule has 0 aliphatic heterocycles. The molecule has 2 atom stereocenters. The van der Waals surface area contributed by atoms with Crippen molar-refractivity contribution in [3.05, 3.63) is 16.9 Å². The predicted molar refractivity (Wildman–Crippen MR) is 61.6 cm³/mol. The fourth-order valence-electron chi connectivity index (χ4n) is 1.83. The maximum absolute atomic E-state index is 9.76. The van der Waals surface area contributed by atoms with Crippen molar-refractivity contribution >= 4 is 21.9 Å². The third-order valence-corrected chi connectivity index (χ3v) is 3.07. The lowest BCUT2D eigenvalue weighted by Crippen LogP contribution is -2.36. The quantitative estimate of drug-likeness (QED) is 0.864. The standard InChI is InChI=1S/C10H14BrN3O/c11-7-5-12-10(13-6-7)14-8-3-1-2-4-9(8)15/h5-6,8-9,15H,1-4H2,(H,12,13,14). The Morgan fingerprint density at radius 1 is 1.27 bits per heavy atom. The van der Waals surface area contributed by atoms with E-state index in [1.165, 1.54) is 0 Å². The minimum absolute atomic E-state index is 0.0972. The molecule has 0 spiro atoms. The van der Waals surface area contributed by atoms with Gasteiger partial charge in [-0.1, -0.05) is 12.8 Å². The van der Waals surface area contributed by atoms with Crippen molar-refractivity contribution in [2.75, 3.05) is 5.32 Å². The number of aromatic nitrogens is 2. The fraction of sp³-hybridized carbons (Fsp3) is 0.600. The van der Waals surface area contributed by atoms with Crippen molar-refractivity contribution in [2.45, 2.75) is 37.8 Å². The third kappa shape index (κ3) is 2.89. The first-order valence-corrected chi connectivity index (χ1v) is 5.97. The highest BCUT2D eigenvalue weighted by atomic mass is 79.9. The van der Waals surface area contributed by atoms with Crippen LogP contribution in [0.1, 0.15) is 25.7 Å². The molecule has 0 bridgehead atoms. The maximum Gasteiger partial charge on any atom is 0.222 e. The highest BCUT2D eigenvalue weighted by Gasteiger charge is 2.23. The van der Waals surface area contributed by atoms with Gasteiger partial charge in [-0.3, -0.25) is 0 Å². The van der Waals surface area contributed by atoms with E-state index in [-0.39, 0.29) is 12.1 Å². The van der Waals surface area contributed by atoms with Gasteiger partial charge < -0.3 is 10.4 Å². The van der Waals surface area contributed by atoms with Crippen LogP contribution in [0.4, 0.5) is 5.95 Å². The van der Waals surface area contributed by atoms with Crippen molar-refractivity contribution in [3.8, 4) is 0 Å². The number of halogens is 1. The largest absolute Gasteiger partial charge is 0.391 e. The SMILES string of the molecule is OC1CCCCC1Nc1ncc(Br)cn1. The minimum Gasteiger partial charge on any atom is -0.391 e. The molecule has 4 nitrogen and oxygen atoms in total. The number of nitrogens with zero attached hydrogens (tertiary/aromatic N) is 2. The Kier molecular flexibility index (Phi) is 3.53. The number of hydrogen-bond donors (Lipinski definition) is 2. The molecule has 2 N–H and O–H groups in total. The van der Waals surface area contributed by atoms with E-state index < -0.39 is 0 Å². The predicted octanol–water partition coefficient (Wildman–Crippen LogP) is 1.95. The molecule has 1 heterocycles. The summed E-state index contributed by atoms with van der Waals surface area (Å²) in [5.41, 5.74) is 0. The Morgan fingerprint density at radius 2 is 1.93 bits per heavy atom. The smallest absolute Gasteiger partial charge is 0.222 e. The molecular weight excluding hydrogens is 258 g/mol. The number of rotatable bonds is 2. The molecule has 0 amide bonds. The van der Waals surface area contributed by atoms with Crippen LogP contribution in [0.5, 0.6) is 0 Å². The molecule has 0 saturated heterocycles. The zero-order chi connectivity index (χ0) is 10.7. The summed E-state index contributed by atoms with van der Waals surface area (Å²) < 4.78 is 0.859. The minimum atomic E-state index is -0.272. The van der Waals surface area contributed by atoms with E-state index in [0.29, 0.717) is 5.95 Å². The zero-order valence-corrected chi connectivity index (χ0v) is 9.94. The van der Waals surface area contributed by atoms with Crippen LogP contribution >= 0.6 is 15.9 Å². The Bertz CT molecular complexity index is 317. The molecule has 15 heavy (non-hydrogen) atoms. The Balaban J connectivity index is 1.98. The number of hydrogen-bond acceptors (Lipinski definition) is 4. The third-order valence-electron chi connectivity index (χ3n) is 2.66. The first-order chi connectivity index (χ1) is 7.25. The molecule has 2 unspecified atom stereocenters. The van der Waals surface area contributed by atoms with Gasteiger partial charge in [0.05, 0.1) is 16.6 Å². The van der Waals surface area contributed by atoms with E-state index in [0.717, 1.165) is 30.2 Å². The van der Waals surface area contributed by atoms with Crippen LogP contribution in [0.25, 0.3) is 0 Å². The monoisotopic (exact) mass is 271 g/mol. The second kappa shape index (κ2) is 4.90. The Morgan fingerprint density at radius 3 is 2.60 bits per heavy atom. The second-order valence-corrected chi connectivity index (χ2v) is 4.74. The van der Waals surface area contributed by atoms with Gasteiger partial charge in [-0.05, 0) is 28.8 Å². The van der Waals surface area contributed by atoms with Crippen LogP contribution in [0.15, 0.2) is 16.9 Å². The first kappa shape index (κ1) is 10.8.